The van der Waals surface area contributed by atoms with Crippen LogP contribution in [0.4, 0.5) is 15.8 Å². The van der Waals surface area contributed by atoms with Gasteiger partial charge in [0.25, 0.3) is 0 Å². The minimum absolute atomic E-state index is 0.353. The molecule has 1 fully saturated rings. The number of piperazine rings is 1. The number of hydrogen-bond donors (Lipinski definition) is 0. The van der Waals surface area contributed by atoms with Crippen molar-refractivity contribution in [1.29, 1.82) is 0 Å². The summed E-state index contributed by atoms with van der Waals surface area (Å²) < 4.78 is 15.7. The number of rotatable bonds is 4. The van der Waals surface area contributed by atoms with Gasteiger partial charge in [0.2, 0.25) is 5.82 Å². The smallest absolute Gasteiger partial charge is 0.327 e. The number of para-hydroxylation sites is 1. The van der Waals surface area contributed by atoms with Crippen molar-refractivity contribution >= 4 is 11.4 Å². The maximum atomic E-state index is 13.7. The Hall–Kier alpha value is -2.48. The molecule has 3 rings (SSSR count). The van der Waals surface area contributed by atoms with Gasteiger partial charge in [-0.1, -0.05) is 6.07 Å². The zero-order chi connectivity index (χ0) is 16.4. The molecule has 0 spiro atoms. The second-order valence-electron chi connectivity index (χ2n) is 5.58. The summed E-state index contributed by atoms with van der Waals surface area (Å²) in [7, 11) is 1.95. The minimum Gasteiger partial charge on any atom is -0.363 e. The van der Waals surface area contributed by atoms with E-state index in [1.54, 1.807) is 12.3 Å². The van der Waals surface area contributed by atoms with Crippen LogP contribution in [-0.2, 0) is 13.6 Å². The number of imidazole rings is 1. The molecule has 1 aliphatic rings. The maximum absolute atomic E-state index is 13.7. The lowest BCUT2D eigenvalue weighted by atomic mass is 10.2. The van der Waals surface area contributed by atoms with Gasteiger partial charge in [0.1, 0.15) is 11.5 Å². The highest BCUT2D eigenvalue weighted by Crippen LogP contribution is 2.31. The van der Waals surface area contributed by atoms with Gasteiger partial charge in [0.15, 0.2) is 0 Å². The number of nitro groups is 1. The first-order chi connectivity index (χ1) is 11.1. The molecule has 7 nitrogen and oxygen atoms in total. The van der Waals surface area contributed by atoms with Crippen LogP contribution in [0.1, 0.15) is 5.82 Å². The molecule has 1 aromatic carbocycles. The number of hydrogen-bond acceptors (Lipinski definition) is 5. The molecule has 0 aliphatic carbocycles. The number of benzene rings is 1. The zero-order valence-electron chi connectivity index (χ0n) is 12.9. The van der Waals surface area contributed by atoms with Gasteiger partial charge >= 0.3 is 5.69 Å². The number of aromatic nitrogens is 2. The Bertz CT molecular complexity index is 710. The molecule has 0 N–H and O–H groups in total. The van der Waals surface area contributed by atoms with Crippen molar-refractivity contribution in [2.45, 2.75) is 6.54 Å². The molecule has 2 heterocycles. The van der Waals surface area contributed by atoms with Gasteiger partial charge in [-0.05, 0) is 12.1 Å². The average molecular weight is 319 g/mol. The summed E-state index contributed by atoms with van der Waals surface area (Å²) in [5.74, 6) is 0.193. The molecule has 1 saturated heterocycles. The molecule has 0 bridgehead atoms. The second kappa shape index (κ2) is 6.33. The number of halogens is 1. The van der Waals surface area contributed by atoms with Crippen molar-refractivity contribution in [1.82, 2.24) is 14.5 Å². The normalized spacial score (nSPS) is 15.8. The van der Waals surface area contributed by atoms with E-state index in [1.807, 2.05) is 22.7 Å². The standard InChI is InChI=1S/C15H18FN5O2/c1-18-6-5-17-14(18)11-19-7-9-20(10-8-19)13-4-2-3-12(16)15(13)21(22)23/h2-6H,7-11H2,1H3. The molecule has 0 unspecified atom stereocenters. The van der Waals surface area contributed by atoms with Crippen LogP contribution in [0.25, 0.3) is 0 Å². The molecular formula is C15H18FN5O2. The first-order valence-electron chi connectivity index (χ1n) is 7.42. The van der Waals surface area contributed by atoms with Crippen LogP contribution >= 0.6 is 0 Å². The Labute approximate surface area is 133 Å². The molecular weight excluding hydrogens is 301 g/mol. The van der Waals surface area contributed by atoms with Gasteiger partial charge in [-0.3, -0.25) is 15.0 Å². The van der Waals surface area contributed by atoms with E-state index in [0.717, 1.165) is 31.5 Å². The monoisotopic (exact) mass is 319 g/mol. The van der Waals surface area contributed by atoms with Crippen molar-refractivity contribution in [2.75, 3.05) is 31.1 Å². The third-order valence-corrected chi connectivity index (χ3v) is 4.15. The van der Waals surface area contributed by atoms with Crippen LogP contribution in [0.3, 0.4) is 0 Å². The lowest BCUT2D eigenvalue weighted by Crippen LogP contribution is -2.46. The first kappa shape index (κ1) is 15.4. The third kappa shape index (κ3) is 3.16. The molecule has 1 aliphatic heterocycles. The van der Waals surface area contributed by atoms with Crippen LogP contribution in [-0.4, -0.2) is 45.6 Å². The lowest BCUT2D eigenvalue weighted by molar-refractivity contribution is -0.386. The molecule has 0 atom stereocenters. The van der Waals surface area contributed by atoms with Crippen molar-refractivity contribution in [2.24, 2.45) is 7.05 Å². The number of aryl methyl sites for hydroxylation is 1. The Balaban J connectivity index is 1.69. The SMILES string of the molecule is Cn1ccnc1CN1CCN(c2cccc(F)c2[N+](=O)[O-])CC1. The number of anilines is 1. The zero-order valence-corrected chi connectivity index (χ0v) is 12.9. The quantitative estimate of drug-likeness (QED) is 0.635. The second-order valence-corrected chi connectivity index (χ2v) is 5.58. The highest BCUT2D eigenvalue weighted by molar-refractivity contribution is 5.64. The van der Waals surface area contributed by atoms with Gasteiger partial charge in [-0.25, -0.2) is 4.98 Å². The Morgan fingerprint density at radius 2 is 2.04 bits per heavy atom. The number of nitro benzene ring substituents is 1. The summed E-state index contributed by atoms with van der Waals surface area (Å²) in [4.78, 5) is 18.9. The van der Waals surface area contributed by atoms with E-state index >= 15 is 0 Å². The third-order valence-electron chi connectivity index (χ3n) is 4.15. The van der Waals surface area contributed by atoms with Crippen molar-refractivity contribution in [3.05, 3.63) is 52.3 Å². The van der Waals surface area contributed by atoms with Gasteiger partial charge < -0.3 is 9.47 Å². The summed E-state index contributed by atoms with van der Waals surface area (Å²) in [6.07, 6.45) is 3.67. The predicted molar refractivity (Wildman–Crippen MR) is 83.8 cm³/mol. The van der Waals surface area contributed by atoms with Crippen LogP contribution < -0.4 is 4.90 Å². The summed E-state index contributed by atoms with van der Waals surface area (Å²) in [6.45, 7) is 3.48. The van der Waals surface area contributed by atoms with Crippen LogP contribution in [0.15, 0.2) is 30.6 Å². The topological polar surface area (TPSA) is 67.4 Å². The molecule has 2 aromatic rings. The lowest BCUT2D eigenvalue weighted by Gasteiger charge is -2.35. The van der Waals surface area contributed by atoms with Gasteiger partial charge in [-0.15, -0.1) is 0 Å². The number of nitrogens with zero attached hydrogens (tertiary/aromatic N) is 5. The Morgan fingerprint density at radius 1 is 1.30 bits per heavy atom. The largest absolute Gasteiger partial charge is 0.363 e. The van der Waals surface area contributed by atoms with E-state index < -0.39 is 16.4 Å². The van der Waals surface area contributed by atoms with E-state index in [4.69, 9.17) is 0 Å². The maximum Gasteiger partial charge on any atom is 0.327 e. The molecule has 0 saturated carbocycles. The van der Waals surface area contributed by atoms with E-state index in [1.165, 1.54) is 6.07 Å². The van der Waals surface area contributed by atoms with Gasteiger partial charge in [0, 0.05) is 45.6 Å². The summed E-state index contributed by atoms with van der Waals surface area (Å²) in [5, 5.41) is 11.1. The Kier molecular flexibility index (Phi) is 4.24. The van der Waals surface area contributed by atoms with Crippen LogP contribution in [0.2, 0.25) is 0 Å². The minimum atomic E-state index is -0.789. The summed E-state index contributed by atoms with van der Waals surface area (Å²) >= 11 is 0. The first-order valence-corrected chi connectivity index (χ1v) is 7.42. The molecule has 8 heteroatoms. The van der Waals surface area contributed by atoms with Crippen LogP contribution in [0, 0.1) is 15.9 Å². The van der Waals surface area contributed by atoms with Crippen LogP contribution in [0.5, 0.6) is 0 Å². The van der Waals surface area contributed by atoms with E-state index in [9.17, 15) is 14.5 Å². The summed E-state index contributed by atoms with van der Waals surface area (Å²) in [6, 6.07) is 4.24. The van der Waals surface area contributed by atoms with Crippen molar-refractivity contribution in [3.8, 4) is 0 Å². The van der Waals surface area contributed by atoms with Crippen molar-refractivity contribution < 1.29 is 9.31 Å². The molecule has 0 amide bonds. The molecule has 122 valence electrons. The van der Waals surface area contributed by atoms with Gasteiger partial charge in [0.05, 0.1) is 11.5 Å². The fourth-order valence-electron chi connectivity index (χ4n) is 2.84. The highest BCUT2D eigenvalue weighted by Gasteiger charge is 2.27. The molecule has 1 aromatic heterocycles. The van der Waals surface area contributed by atoms with Gasteiger partial charge in [-0.2, -0.15) is 4.39 Å². The van der Waals surface area contributed by atoms with E-state index in [2.05, 4.69) is 9.88 Å². The average Bonchev–Trinajstić information content (AvgIpc) is 2.92. The fraction of sp³-hybridized carbons (Fsp3) is 0.400. The predicted octanol–water partition coefficient (Wildman–Crippen LogP) is 1.79. The summed E-state index contributed by atoms with van der Waals surface area (Å²) in [5.41, 5.74) is -0.0864. The van der Waals surface area contributed by atoms with E-state index in [-0.39, 0.29) is 0 Å². The van der Waals surface area contributed by atoms with E-state index in [0.29, 0.717) is 18.8 Å². The molecule has 23 heavy (non-hydrogen) atoms. The molecule has 0 radical (unpaired) electrons. The van der Waals surface area contributed by atoms with Crippen molar-refractivity contribution in [3.63, 3.8) is 0 Å². The fourth-order valence-corrected chi connectivity index (χ4v) is 2.84. The Morgan fingerprint density at radius 3 is 2.65 bits per heavy atom. The highest BCUT2D eigenvalue weighted by atomic mass is 19.1.